The molecule has 0 unspecified atom stereocenters. The summed E-state index contributed by atoms with van der Waals surface area (Å²) in [5.41, 5.74) is 6.29. The number of carbonyl (C=O) groups is 2. The topological polar surface area (TPSA) is 105 Å². The Labute approximate surface area is 145 Å². The van der Waals surface area contributed by atoms with Crippen LogP contribution in [0.15, 0.2) is 30.7 Å². The number of piperazine rings is 1. The standard InChI is InChI=1S/C17H20N6O2/c1-2-14-20-10-12(11-21-14)17(25)23-8-6-22(7-9-23)16-13(15(18)24)4-3-5-19-16/h3-5,10-11H,2,6-9H2,1H3,(H2,18,24). The van der Waals surface area contributed by atoms with E-state index in [0.717, 1.165) is 12.2 Å². The van der Waals surface area contributed by atoms with E-state index in [1.165, 1.54) is 0 Å². The summed E-state index contributed by atoms with van der Waals surface area (Å²) in [5.74, 6) is 0.696. The summed E-state index contributed by atoms with van der Waals surface area (Å²) in [6, 6.07) is 3.35. The molecule has 130 valence electrons. The number of carbonyl (C=O) groups excluding carboxylic acids is 2. The van der Waals surface area contributed by atoms with Crippen molar-refractivity contribution in [1.82, 2.24) is 19.9 Å². The molecule has 0 atom stereocenters. The third-order valence-electron chi connectivity index (χ3n) is 4.19. The maximum atomic E-state index is 12.6. The number of rotatable bonds is 4. The largest absolute Gasteiger partial charge is 0.365 e. The summed E-state index contributed by atoms with van der Waals surface area (Å²) in [7, 11) is 0. The van der Waals surface area contributed by atoms with Crippen LogP contribution in [0.5, 0.6) is 0 Å². The van der Waals surface area contributed by atoms with E-state index in [1.807, 2.05) is 11.8 Å². The Bertz CT molecular complexity index is 769. The van der Waals surface area contributed by atoms with Crippen molar-refractivity contribution in [1.29, 1.82) is 0 Å². The fraction of sp³-hybridized carbons (Fsp3) is 0.353. The molecule has 1 saturated heterocycles. The first-order valence-corrected chi connectivity index (χ1v) is 8.20. The maximum Gasteiger partial charge on any atom is 0.257 e. The molecule has 1 aliphatic rings. The summed E-state index contributed by atoms with van der Waals surface area (Å²) in [4.78, 5) is 40.5. The Hall–Kier alpha value is -3.03. The molecule has 0 radical (unpaired) electrons. The third-order valence-corrected chi connectivity index (χ3v) is 4.19. The van der Waals surface area contributed by atoms with E-state index in [2.05, 4.69) is 15.0 Å². The van der Waals surface area contributed by atoms with Gasteiger partial charge in [0.25, 0.3) is 11.8 Å². The van der Waals surface area contributed by atoms with Crippen LogP contribution >= 0.6 is 0 Å². The molecule has 1 fully saturated rings. The number of aryl methyl sites for hydroxylation is 1. The molecule has 8 heteroatoms. The minimum Gasteiger partial charge on any atom is -0.365 e. The van der Waals surface area contributed by atoms with Crippen LogP contribution in [0.2, 0.25) is 0 Å². The van der Waals surface area contributed by atoms with Gasteiger partial charge in [-0.15, -0.1) is 0 Å². The minimum absolute atomic E-state index is 0.0848. The number of aromatic nitrogens is 3. The zero-order valence-electron chi connectivity index (χ0n) is 14.1. The molecule has 3 rings (SSSR count). The highest BCUT2D eigenvalue weighted by molar-refractivity contribution is 5.98. The lowest BCUT2D eigenvalue weighted by atomic mass is 10.2. The minimum atomic E-state index is -0.505. The van der Waals surface area contributed by atoms with Gasteiger partial charge in [0.15, 0.2) is 0 Å². The van der Waals surface area contributed by atoms with Crippen molar-refractivity contribution >= 4 is 17.6 Å². The van der Waals surface area contributed by atoms with Gasteiger partial charge in [-0.3, -0.25) is 9.59 Å². The first-order valence-electron chi connectivity index (χ1n) is 8.20. The molecule has 0 aromatic carbocycles. The smallest absolute Gasteiger partial charge is 0.257 e. The second-order valence-electron chi connectivity index (χ2n) is 5.76. The Kier molecular flexibility index (Phi) is 4.87. The SMILES string of the molecule is CCc1ncc(C(=O)N2CCN(c3ncccc3C(N)=O)CC2)cn1. The van der Waals surface area contributed by atoms with Crippen molar-refractivity contribution in [3.63, 3.8) is 0 Å². The average molecular weight is 340 g/mol. The van der Waals surface area contributed by atoms with Crippen LogP contribution in [0.1, 0.15) is 33.5 Å². The fourth-order valence-corrected chi connectivity index (χ4v) is 2.79. The van der Waals surface area contributed by atoms with Gasteiger partial charge < -0.3 is 15.5 Å². The van der Waals surface area contributed by atoms with Gasteiger partial charge >= 0.3 is 0 Å². The molecule has 2 N–H and O–H groups in total. The highest BCUT2D eigenvalue weighted by Gasteiger charge is 2.25. The molecule has 2 amide bonds. The summed E-state index contributed by atoms with van der Waals surface area (Å²) in [6.45, 7) is 4.19. The molecule has 3 heterocycles. The number of hydrogen-bond donors (Lipinski definition) is 1. The predicted octanol–water partition coefficient (Wildman–Crippen LogP) is 0.495. The molecule has 0 aliphatic carbocycles. The van der Waals surface area contributed by atoms with Crippen LogP contribution in [0.25, 0.3) is 0 Å². The molecule has 1 aliphatic heterocycles. The van der Waals surface area contributed by atoms with Gasteiger partial charge in [-0.05, 0) is 12.1 Å². The van der Waals surface area contributed by atoms with E-state index in [-0.39, 0.29) is 5.91 Å². The normalized spacial score (nSPS) is 14.4. The Morgan fingerprint density at radius 1 is 1.12 bits per heavy atom. The van der Waals surface area contributed by atoms with Crippen molar-refractivity contribution in [3.05, 3.63) is 47.7 Å². The molecule has 0 saturated carbocycles. The number of pyridine rings is 1. The lowest BCUT2D eigenvalue weighted by molar-refractivity contribution is 0.0745. The second kappa shape index (κ2) is 7.25. The van der Waals surface area contributed by atoms with Crippen molar-refractivity contribution in [2.45, 2.75) is 13.3 Å². The molecule has 2 aromatic rings. The van der Waals surface area contributed by atoms with Crippen LogP contribution in [-0.4, -0.2) is 57.8 Å². The van der Waals surface area contributed by atoms with Crippen molar-refractivity contribution in [2.24, 2.45) is 5.73 Å². The molecule has 2 aromatic heterocycles. The fourth-order valence-electron chi connectivity index (χ4n) is 2.79. The molecular weight excluding hydrogens is 320 g/mol. The van der Waals surface area contributed by atoms with E-state index in [4.69, 9.17) is 5.73 Å². The van der Waals surface area contributed by atoms with Gasteiger partial charge in [-0.25, -0.2) is 15.0 Å². The first-order chi connectivity index (χ1) is 12.1. The number of primary amides is 1. The van der Waals surface area contributed by atoms with Gasteiger partial charge in [0.05, 0.1) is 11.1 Å². The van der Waals surface area contributed by atoms with Gasteiger partial charge in [0.1, 0.15) is 11.6 Å². The zero-order valence-corrected chi connectivity index (χ0v) is 14.1. The number of amides is 2. The summed E-state index contributed by atoms with van der Waals surface area (Å²) in [6.07, 6.45) is 5.51. The van der Waals surface area contributed by atoms with Gasteiger partial charge in [-0.2, -0.15) is 0 Å². The highest BCUT2D eigenvalue weighted by Crippen LogP contribution is 2.19. The van der Waals surface area contributed by atoms with E-state index in [1.54, 1.807) is 35.6 Å². The number of nitrogens with zero attached hydrogens (tertiary/aromatic N) is 5. The summed E-state index contributed by atoms with van der Waals surface area (Å²) in [5, 5.41) is 0. The van der Waals surface area contributed by atoms with Crippen LogP contribution in [0.4, 0.5) is 5.82 Å². The van der Waals surface area contributed by atoms with E-state index < -0.39 is 5.91 Å². The highest BCUT2D eigenvalue weighted by atomic mass is 16.2. The molecule has 0 bridgehead atoms. The molecular formula is C17H20N6O2. The van der Waals surface area contributed by atoms with Crippen molar-refractivity contribution in [2.75, 3.05) is 31.1 Å². The van der Waals surface area contributed by atoms with Crippen LogP contribution in [0, 0.1) is 0 Å². The number of hydrogen-bond acceptors (Lipinski definition) is 6. The van der Waals surface area contributed by atoms with Crippen molar-refractivity contribution in [3.8, 4) is 0 Å². The third kappa shape index (κ3) is 3.57. The van der Waals surface area contributed by atoms with Crippen LogP contribution in [0.3, 0.4) is 0 Å². The predicted molar refractivity (Wildman–Crippen MR) is 92.3 cm³/mol. The lowest BCUT2D eigenvalue weighted by Gasteiger charge is -2.35. The maximum absolute atomic E-state index is 12.6. The van der Waals surface area contributed by atoms with Gasteiger partial charge in [0, 0.05) is 51.2 Å². The monoisotopic (exact) mass is 340 g/mol. The van der Waals surface area contributed by atoms with E-state index in [0.29, 0.717) is 43.1 Å². The van der Waals surface area contributed by atoms with Crippen molar-refractivity contribution < 1.29 is 9.59 Å². The second-order valence-corrected chi connectivity index (χ2v) is 5.76. The number of anilines is 1. The summed E-state index contributed by atoms with van der Waals surface area (Å²) >= 11 is 0. The Morgan fingerprint density at radius 3 is 2.40 bits per heavy atom. The number of nitrogens with two attached hydrogens (primary N) is 1. The molecule has 0 spiro atoms. The summed E-state index contributed by atoms with van der Waals surface area (Å²) < 4.78 is 0. The zero-order chi connectivity index (χ0) is 17.8. The lowest BCUT2D eigenvalue weighted by Crippen LogP contribution is -2.49. The Morgan fingerprint density at radius 2 is 1.80 bits per heavy atom. The van der Waals surface area contributed by atoms with E-state index in [9.17, 15) is 9.59 Å². The Balaban J connectivity index is 1.67. The van der Waals surface area contributed by atoms with Gasteiger partial charge in [0.2, 0.25) is 0 Å². The average Bonchev–Trinajstić information content (AvgIpc) is 2.67. The molecule has 8 nitrogen and oxygen atoms in total. The first kappa shape index (κ1) is 16.8. The molecule has 25 heavy (non-hydrogen) atoms. The van der Waals surface area contributed by atoms with Crippen LogP contribution in [-0.2, 0) is 6.42 Å². The van der Waals surface area contributed by atoms with Gasteiger partial charge in [-0.1, -0.05) is 6.92 Å². The van der Waals surface area contributed by atoms with Crippen LogP contribution < -0.4 is 10.6 Å². The van der Waals surface area contributed by atoms with E-state index >= 15 is 0 Å². The quantitative estimate of drug-likeness (QED) is 0.869.